The lowest BCUT2D eigenvalue weighted by Gasteiger charge is -2.06. The van der Waals surface area contributed by atoms with Crippen molar-refractivity contribution in [1.82, 2.24) is 9.78 Å². The van der Waals surface area contributed by atoms with Crippen LogP contribution in [0.25, 0.3) is 0 Å². The maximum absolute atomic E-state index is 5.97. The van der Waals surface area contributed by atoms with E-state index in [1.165, 1.54) is 5.56 Å². The second kappa shape index (κ2) is 7.78. The summed E-state index contributed by atoms with van der Waals surface area (Å²) in [6.45, 7) is 7.98. The Kier molecular flexibility index (Phi) is 5.76. The average Bonchev–Trinajstić information content (AvgIpc) is 2.79. The first-order valence-corrected chi connectivity index (χ1v) is 7.66. The van der Waals surface area contributed by atoms with Crippen LogP contribution in [0.4, 0.5) is 5.69 Å². The molecule has 0 aliphatic rings. The van der Waals surface area contributed by atoms with Crippen molar-refractivity contribution in [3.05, 3.63) is 46.8 Å². The molecule has 0 unspecified atom stereocenters. The van der Waals surface area contributed by atoms with Crippen LogP contribution >= 0.6 is 0 Å². The van der Waals surface area contributed by atoms with Crippen LogP contribution in [0.15, 0.2) is 29.3 Å². The predicted octanol–water partition coefficient (Wildman–Crippen LogP) is 2.38. The van der Waals surface area contributed by atoms with E-state index in [0.717, 1.165) is 29.2 Å². The Morgan fingerprint density at radius 1 is 1.26 bits per heavy atom. The van der Waals surface area contributed by atoms with E-state index < -0.39 is 0 Å². The first kappa shape index (κ1) is 17.0. The monoisotopic (exact) mass is 315 g/mol. The zero-order valence-corrected chi connectivity index (χ0v) is 14.3. The van der Waals surface area contributed by atoms with Crippen LogP contribution in [0.3, 0.4) is 0 Å². The molecule has 6 nitrogen and oxygen atoms in total. The molecule has 0 aliphatic heterocycles. The quantitative estimate of drug-likeness (QED) is 0.634. The third kappa shape index (κ3) is 4.56. The summed E-state index contributed by atoms with van der Waals surface area (Å²) in [5.41, 5.74) is 11.3. The van der Waals surface area contributed by atoms with E-state index in [9.17, 15) is 0 Å². The second-order valence-corrected chi connectivity index (χ2v) is 5.56. The van der Waals surface area contributed by atoms with Crippen molar-refractivity contribution in [2.75, 3.05) is 19.0 Å². The number of aromatic nitrogens is 2. The van der Waals surface area contributed by atoms with Crippen molar-refractivity contribution >= 4 is 11.6 Å². The van der Waals surface area contributed by atoms with Gasteiger partial charge in [-0.05, 0) is 32.9 Å². The van der Waals surface area contributed by atoms with Gasteiger partial charge in [-0.3, -0.25) is 4.68 Å². The van der Waals surface area contributed by atoms with Gasteiger partial charge in [0, 0.05) is 24.1 Å². The third-order valence-corrected chi connectivity index (χ3v) is 3.77. The largest absolute Gasteiger partial charge is 0.383 e. The summed E-state index contributed by atoms with van der Waals surface area (Å²) in [7, 11) is 1.69. The highest BCUT2D eigenvalue weighted by Gasteiger charge is 2.10. The highest BCUT2D eigenvalue weighted by Crippen LogP contribution is 2.14. The molecule has 0 fully saturated rings. The van der Waals surface area contributed by atoms with Gasteiger partial charge in [-0.15, -0.1) is 0 Å². The van der Waals surface area contributed by atoms with Gasteiger partial charge >= 0.3 is 0 Å². The van der Waals surface area contributed by atoms with Gasteiger partial charge in [-0.1, -0.05) is 17.7 Å². The number of nitrogens with one attached hydrogen (secondary N) is 1. The van der Waals surface area contributed by atoms with Gasteiger partial charge in [0.05, 0.1) is 25.4 Å². The average molecular weight is 315 g/mol. The number of aliphatic imine (C=N–C) groups is 1. The molecule has 124 valence electrons. The Hall–Kier alpha value is -2.34. The summed E-state index contributed by atoms with van der Waals surface area (Å²) in [6.07, 6.45) is 0. The lowest BCUT2D eigenvalue weighted by atomic mass is 10.2. The number of nitrogens with zero attached hydrogens (tertiary/aromatic N) is 3. The highest BCUT2D eigenvalue weighted by molar-refractivity contribution is 5.92. The van der Waals surface area contributed by atoms with Crippen LogP contribution in [-0.4, -0.2) is 29.5 Å². The fourth-order valence-corrected chi connectivity index (χ4v) is 2.35. The number of ether oxygens (including phenoxy) is 1. The van der Waals surface area contributed by atoms with Gasteiger partial charge < -0.3 is 15.8 Å². The molecular weight excluding hydrogens is 290 g/mol. The van der Waals surface area contributed by atoms with Crippen LogP contribution in [0, 0.1) is 20.8 Å². The second-order valence-electron chi connectivity index (χ2n) is 5.56. The molecule has 0 spiro atoms. The molecule has 0 atom stereocenters. The Labute approximate surface area is 137 Å². The lowest BCUT2D eigenvalue weighted by Crippen LogP contribution is -2.22. The number of benzene rings is 1. The van der Waals surface area contributed by atoms with Crippen LogP contribution in [-0.2, 0) is 17.8 Å². The van der Waals surface area contributed by atoms with E-state index >= 15 is 0 Å². The van der Waals surface area contributed by atoms with Gasteiger partial charge in [-0.2, -0.15) is 5.10 Å². The molecule has 0 aliphatic carbocycles. The number of hydrogen-bond donors (Lipinski definition) is 2. The standard InChI is InChI=1S/C17H25N5O/c1-12-5-7-15(8-6-12)20-17(18)19-11-16-13(2)21-22(14(16)3)9-10-23-4/h5-8H,9-11H2,1-4H3,(H3,18,19,20). The van der Waals surface area contributed by atoms with Crippen molar-refractivity contribution in [2.45, 2.75) is 33.9 Å². The Morgan fingerprint density at radius 2 is 1.96 bits per heavy atom. The number of aryl methyl sites for hydroxylation is 2. The Morgan fingerprint density at radius 3 is 2.61 bits per heavy atom. The summed E-state index contributed by atoms with van der Waals surface area (Å²) in [5, 5.41) is 7.63. The lowest BCUT2D eigenvalue weighted by molar-refractivity contribution is 0.182. The predicted molar refractivity (Wildman–Crippen MR) is 93.7 cm³/mol. The van der Waals surface area contributed by atoms with E-state index in [0.29, 0.717) is 19.1 Å². The number of guanidine groups is 1. The van der Waals surface area contributed by atoms with Crippen molar-refractivity contribution in [3.8, 4) is 0 Å². The number of hydrogen-bond acceptors (Lipinski definition) is 3. The topological polar surface area (TPSA) is 77.5 Å². The van der Waals surface area contributed by atoms with Crippen molar-refractivity contribution < 1.29 is 4.74 Å². The van der Waals surface area contributed by atoms with E-state index in [2.05, 4.69) is 15.4 Å². The minimum Gasteiger partial charge on any atom is -0.383 e. The number of anilines is 1. The molecule has 6 heteroatoms. The van der Waals surface area contributed by atoms with Crippen molar-refractivity contribution in [3.63, 3.8) is 0 Å². The molecule has 2 aromatic rings. The fraction of sp³-hybridized carbons (Fsp3) is 0.412. The number of methoxy groups -OCH3 is 1. The normalized spacial score (nSPS) is 11.7. The summed E-state index contributed by atoms with van der Waals surface area (Å²) < 4.78 is 7.06. The molecule has 0 amide bonds. The minimum absolute atomic E-state index is 0.400. The maximum atomic E-state index is 5.97. The molecule has 0 saturated heterocycles. The first-order chi connectivity index (χ1) is 11.0. The van der Waals surface area contributed by atoms with Crippen LogP contribution in [0.1, 0.15) is 22.5 Å². The molecule has 0 saturated carbocycles. The zero-order valence-electron chi connectivity index (χ0n) is 14.3. The molecule has 0 bridgehead atoms. The Balaban J connectivity index is 2.03. The first-order valence-electron chi connectivity index (χ1n) is 7.66. The summed E-state index contributed by atoms with van der Waals surface area (Å²) in [6, 6.07) is 8.03. The van der Waals surface area contributed by atoms with Crippen LogP contribution in [0.5, 0.6) is 0 Å². The molecule has 3 N–H and O–H groups in total. The fourth-order valence-electron chi connectivity index (χ4n) is 2.35. The van der Waals surface area contributed by atoms with Gasteiger partial charge in [0.15, 0.2) is 5.96 Å². The molecule has 0 radical (unpaired) electrons. The van der Waals surface area contributed by atoms with Crippen molar-refractivity contribution in [2.24, 2.45) is 10.7 Å². The van der Waals surface area contributed by atoms with Gasteiger partial charge in [0.2, 0.25) is 0 Å². The summed E-state index contributed by atoms with van der Waals surface area (Å²) >= 11 is 0. The minimum atomic E-state index is 0.400. The molecule has 23 heavy (non-hydrogen) atoms. The zero-order chi connectivity index (χ0) is 16.8. The van der Waals surface area contributed by atoms with Gasteiger partial charge in [-0.25, -0.2) is 4.99 Å². The van der Waals surface area contributed by atoms with E-state index in [1.807, 2.05) is 49.7 Å². The van der Waals surface area contributed by atoms with Crippen LogP contribution in [0.2, 0.25) is 0 Å². The van der Waals surface area contributed by atoms with Gasteiger partial charge in [0.25, 0.3) is 0 Å². The number of rotatable bonds is 6. The van der Waals surface area contributed by atoms with Crippen molar-refractivity contribution in [1.29, 1.82) is 0 Å². The Bertz CT molecular complexity index is 673. The van der Waals surface area contributed by atoms with Gasteiger partial charge in [0.1, 0.15) is 0 Å². The van der Waals surface area contributed by atoms with E-state index in [1.54, 1.807) is 7.11 Å². The molecular formula is C17H25N5O. The molecule has 1 heterocycles. The van der Waals surface area contributed by atoms with Crippen LogP contribution < -0.4 is 11.1 Å². The number of nitrogens with two attached hydrogens (primary N) is 1. The highest BCUT2D eigenvalue weighted by atomic mass is 16.5. The third-order valence-electron chi connectivity index (χ3n) is 3.77. The molecule has 1 aromatic heterocycles. The summed E-state index contributed by atoms with van der Waals surface area (Å²) in [5.74, 6) is 0.400. The molecule has 1 aromatic carbocycles. The summed E-state index contributed by atoms with van der Waals surface area (Å²) in [4.78, 5) is 4.43. The maximum Gasteiger partial charge on any atom is 0.193 e. The van der Waals surface area contributed by atoms with E-state index in [4.69, 9.17) is 10.5 Å². The smallest absolute Gasteiger partial charge is 0.193 e. The SMILES string of the molecule is COCCn1nc(C)c(CN=C(N)Nc2ccc(C)cc2)c1C. The molecule has 2 rings (SSSR count). The van der Waals surface area contributed by atoms with E-state index in [-0.39, 0.29) is 0 Å².